The maximum Gasteiger partial charge on any atom is 0.221 e. The summed E-state index contributed by atoms with van der Waals surface area (Å²) in [7, 11) is 0. The minimum absolute atomic E-state index is 0.0173. The molecule has 0 bridgehead atoms. The molecule has 0 fully saturated rings. The Kier molecular flexibility index (Phi) is 4.85. The molecule has 0 saturated heterocycles. The molecular weight excluding hydrogens is 250 g/mol. The number of rotatable bonds is 5. The largest absolute Gasteiger partial charge is 0.352 e. The SMILES string of the molecule is CC(N)CC(=O)NCc1ccc(-c2cccnc2)cc1. The number of benzene rings is 1. The number of aromatic nitrogens is 1. The predicted octanol–water partition coefficient (Wildman–Crippen LogP) is 2.10. The summed E-state index contributed by atoms with van der Waals surface area (Å²) in [6, 6.07) is 11.9. The van der Waals surface area contributed by atoms with E-state index in [1.807, 2.05) is 49.5 Å². The number of carbonyl (C=O) groups is 1. The average Bonchev–Trinajstić information content (AvgIpc) is 2.46. The third-order valence-corrected chi connectivity index (χ3v) is 2.95. The van der Waals surface area contributed by atoms with Crippen LogP contribution < -0.4 is 11.1 Å². The van der Waals surface area contributed by atoms with E-state index in [9.17, 15) is 4.79 Å². The Morgan fingerprint density at radius 1 is 1.25 bits per heavy atom. The Morgan fingerprint density at radius 3 is 2.60 bits per heavy atom. The highest BCUT2D eigenvalue weighted by Crippen LogP contribution is 2.18. The van der Waals surface area contributed by atoms with Gasteiger partial charge in [-0.1, -0.05) is 30.3 Å². The average molecular weight is 269 g/mol. The molecule has 1 amide bonds. The highest BCUT2D eigenvalue weighted by molar-refractivity contribution is 5.76. The van der Waals surface area contributed by atoms with E-state index in [-0.39, 0.29) is 11.9 Å². The Labute approximate surface area is 119 Å². The molecule has 4 nitrogen and oxygen atoms in total. The highest BCUT2D eigenvalue weighted by Gasteiger charge is 2.04. The summed E-state index contributed by atoms with van der Waals surface area (Å²) in [5.74, 6) is -0.0173. The monoisotopic (exact) mass is 269 g/mol. The van der Waals surface area contributed by atoms with Crippen LogP contribution in [0.25, 0.3) is 11.1 Å². The standard InChI is InChI=1S/C16H19N3O/c1-12(17)9-16(20)19-10-13-4-6-14(7-5-13)15-3-2-8-18-11-15/h2-8,11-12H,9-10,17H2,1H3,(H,19,20). The summed E-state index contributed by atoms with van der Waals surface area (Å²) in [6.07, 6.45) is 3.94. The molecule has 104 valence electrons. The van der Waals surface area contributed by atoms with Gasteiger partial charge in [0.25, 0.3) is 0 Å². The normalized spacial score (nSPS) is 11.9. The number of hydrogen-bond acceptors (Lipinski definition) is 3. The number of nitrogens with two attached hydrogens (primary N) is 1. The van der Waals surface area contributed by atoms with Crippen LogP contribution >= 0.6 is 0 Å². The van der Waals surface area contributed by atoms with Crippen molar-refractivity contribution in [3.63, 3.8) is 0 Å². The van der Waals surface area contributed by atoms with Crippen LogP contribution in [0.15, 0.2) is 48.8 Å². The lowest BCUT2D eigenvalue weighted by Crippen LogP contribution is -2.29. The molecule has 0 radical (unpaired) electrons. The fourth-order valence-electron chi connectivity index (χ4n) is 1.91. The van der Waals surface area contributed by atoms with Gasteiger partial charge in [-0.05, 0) is 29.7 Å². The van der Waals surface area contributed by atoms with Crippen molar-refractivity contribution in [1.82, 2.24) is 10.3 Å². The maximum absolute atomic E-state index is 11.5. The van der Waals surface area contributed by atoms with Crippen molar-refractivity contribution >= 4 is 5.91 Å². The number of carbonyl (C=O) groups excluding carboxylic acids is 1. The van der Waals surface area contributed by atoms with Crippen LogP contribution in [-0.2, 0) is 11.3 Å². The Balaban J connectivity index is 1.94. The second-order valence-corrected chi connectivity index (χ2v) is 4.90. The van der Waals surface area contributed by atoms with E-state index in [0.717, 1.165) is 16.7 Å². The van der Waals surface area contributed by atoms with Crippen molar-refractivity contribution in [2.24, 2.45) is 5.73 Å². The molecule has 1 unspecified atom stereocenters. The number of nitrogens with one attached hydrogen (secondary N) is 1. The lowest BCUT2D eigenvalue weighted by molar-refractivity contribution is -0.121. The maximum atomic E-state index is 11.5. The van der Waals surface area contributed by atoms with Gasteiger partial charge in [0, 0.05) is 31.4 Å². The molecule has 2 rings (SSSR count). The quantitative estimate of drug-likeness (QED) is 0.873. The van der Waals surface area contributed by atoms with Crippen molar-refractivity contribution in [2.45, 2.75) is 25.9 Å². The molecule has 0 saturated carbocycles. The first kappa shape index (κ1) is 14.2. The molecule has 1 heterocycles. The smallest absolute Gasteiger partial charge is 0.221 e. The van der Waals surface area contributed by atoms with Crippen LogP contribution in [0.4, 0.5) is 0 Å². The van der Waals surface area contributed by atoms with Crippen LogP contribution in [-0.4, -0.2) is 16.9 Å². The summed E-state index contributed by atoms with van der Waals surface area (Å²) < 4.78 is 0. The molecule has 3 N–H and O–H groups in total. The summed E-state index contributed by atoms with van der Waals surface area (Å²) >= 11 is 0. The molecule has 0 aliphatic carbocycles. The van der Waals surface area contributed by atoms with Gasteiger partial charge in [-0.3, -0.25) is 9.78 Å². The minimum Gasteiger partial charge on any atom is -0.352 e. The van der Waals surface area contributed by atoms with Gasteiger partial charge in [-0.2, -0.15) is 0 Å². The van der Waals surface area contributed by atoms with E-state index >= 15 is 0 Å². The van der Waals surface area contributed by atoms with E-state index < -0.39 is 0 Å². The molecule has 1 aromatic carbocycles. The molecule has 20 heavy (non-hydrogen) atoms. The first-order valence-electron chi connectivity index (χ1n) is 6.67. The van der Waals surface area contributed by atoms with E-state index in [1.54, 1.807) is 6.20 Å². The summed E-state index contributed by atoms with van der Waals surface area (Å²) in [5, 5.41) is 2.86. The van der Waals surface area contributed by atoms with Gasteiger partial charge in [0.15, 0.2) is 0 Å². The van der Waals surface area contributed by atoms with E-state index in [4.69, 9.17) is 5.73 Å². The zero-order valence-electron chi connectivity index (χ0n) is 11.5. The third-order valence-electron chi connectivity index (χ3n) is 2.95. The molecule has 2 aromatic rings. The van der Waals surface area contributed by atoms with Crippen molar-refractivity contribution in [3.05, 3.63) is 54.4 Å². The molecule has 0 spiro atoms. The van der Waals surface area contributed by atoms with Gasteiger partial charge < -0.3 is 11.1 Å². The van der Waals surface area contributed by atoms with E-state index in [0.29, 0.717) is 13.0 Å². The van der Waals surface area contributed by atoms with Gasteiger partial charge in [0.1, 0.15) is 0 Å². The molecular formula is C16H19N3O. The second-order valence-electron chi connectivity index (χ2n) is 4.90. The topological polar surface area (TPSA) is 68.0 Å². The number of pyridine rings is 1. The minimum atomic E-state index is -0.108. The number of hydrogen-bond donors (Lipinski definition) is 2. The van der Waals surface area contributed by atoms with Crippen LogP contribution in [0, 0.1) is 0 Å². The molecule has 0 aliphatic rings. The highest BCUT2D eigenvalue weighted by atomic mass is 16.1. The van der Waals surface area contributed by atoms with E-state index in [1.165, 1.54) is 0 Å². The van der Waals surface area contributed by atoms with Gasteiger partial charge in [0.2, 0.25) is 5.91 Å². The van der Waals surface area contributed by atoms with Crippen LogP contribution in [0.1, 0.15) is 18.9 Å². The molecule has 1 atom stereocenters. The van der Waals surface area contributed by atoms with Crippen molar-refractivity contribution < 1.29 is 4.79 Å². The third kappa shape index (κ3) is 4.17. The Morgan fingerprint density at radius 2 is 2.00 bits per heavy atom. The first-order chi connectivity index (χ1) is 9.65. The summed E-state index contributed by atoms with van der Waals surface area (Å²) in [5.41, 5.74) is 8.84. The molecule has 0 aliphatic heterocycles. The van der Waals surface area contributed by atoms with Gasteiger partial charge in [-0.25, -0.2) is 0 Å². The molecule has 4 heteroatoms. The first-order valence-corrected chi connectivity index (χ1v) is 6.67. The van der Waals surface area contributed by atoms with Crippen LogP contribution in [0.3, 0.4) is 0 Å². The Hall–Kier alpha value is -2.20. The van der Waals surface area contributed by atoms with E-state index in [2.05, 4.69) is 10.3 Å². The van der Waals surface area contributed by atoms with Gasteiger partial charge in [-0.15, -0.1) is 0 Å². The van der Waals surface area contributed by atoms with Crippen LogP contribution in [0.5, 0.6) is 0 Å². The number of nitrogens with zero attached hydrogens (tertiary/aromatic N) is 1. The van der Waals surface area contributed by atoms with Gasteiger partial charge in [0.05, 0.1) is 0 Å². The number of amides is 1. The van der Waals surface area contributed by atoms with Gasteiger partial charge >= 0.3 is 0 Å². The summed E-state index contributed by atoms with van der Waals surface area (Å²) in [6.45, 7) is 2.35. The van der Waals surface area contributed by atoms with Crippen molar-refractivity contribution in [3.8, 4) is 11.1 Å². The molecule has 1 aromatic heterocycles. The van der Waals surface area contributed by atoms with Crippen LogP contribution in [0.2, 0.25) is 0 Å². The fraction of sp³-hybridized carbons (Fsp3) is 0.250. The zero-order chi connectivity index (χ0) is 14.4. The Bertz CT molecular complexity index is 550. The van der Waals surface area contributed by atoms with Crippen molar-refractivity contribution in [1.29, 1.82) is 0 Å². The lowest BCUT2D eigenvalue weighted by atomic mass is 10.1. The fourth-order valence-corrected chi connectivity index (χ4v) is 1.91. The lowest BCUT2D eigenvalue weighted by Gasteiger charge is -2.08. The predicted molar refractivity (Wildman–Crippen MR) is 79.8 cm³/mol. The summed E-state index contributed by atoms with van der Waals surface area (Å²) in [4.78, 5) is 15.6. The zero-order valence-corrected chi connectivity index (χ0v) is 11.5. The second kappa shape index (κ2) is 6.82. The van der Waals surface area contributed by atoms with Crippen molar-refractivity contribution in [2.75, 3.05) is 0 Å².